The number of benzene rings is 4. The van der Waals surface area contributed by atoms with Crippen LogP contribution in [0.2, 0.25) is 0 Å². The Labute approximate surface area is 320 Å². The predicted octanol–water partition coefficient (Wildman–Crippen LogP) is 11.0. The van der Waals surface area contributed by atoms with Gasteiger partial charge in [0.15, 0.2) is 5.82 Å². The zero-order valence-electron chi connectivity index (χ0n) is 36.9. The highest BCUT2D eigenvalue weighted by atomic mass is 16.5. The maximum absolute atomic E-state index is 8.96. The number of para-hydroxylation sites is 3. The second-order valence-corrected chi connectivity index (χ2v) is 14.3. The third kappa shape index (κ3) is 7.06. The van der Waals surface area contributed by atoms with Gasteiger partial charge in [-0.15, -0.1) is 0 Å². The van der Waals surface area contributed by atoms with Crippen LogP contribution in [0, 0.1) is 24.1 Å². The van der Waals surface area contributed by atoms with Gasteiger partial charge in [-0.3, -0.25) is 18.7 Å². The molecular weight excluding hydrogens is 651 g/mol. The molecule has 4 aromatic carbocycles. The van der Waals surface area contributed by atoms with Gasteiger partial charge in [0.25, 0.3) is 6.33 Å². The van der Waals surface area contributed by atoms with Crippen LogP contribution in [-0.2, 0) is 19.1 Å². The maximum atomic E-state index is 8.96. The summed E-state index contributed by atoms with van der Waals surface area (Å²) in [6, 6.07) is 34.3. The van der Waals surface area contributed by atoms with Crippen LogP contribution in [0.3, 0.4) is 0 Å². The number of nitrogens with zero attached hydrogens (tertiary/aromatic N) is 5. The fourth-order valence-electron chi connectivity index (χ4n) is 6.94. The summed E-state index contributed by atoms with van der Waals surface area (Å²) >= 11 is 0. The first-order valence-corrected chi connectivity index (χ1v) is 18.2. The summed E-state index contributed by atoms with van der Waals surface area (Å²) in [7, 11) is 0. The van der Waals surface area contributed by atoms with Crippen molar-refractivity contribution in [2.45, 2.75) is 60.7 Å². The number of ether oxygens (including phenoxy) is 1. The largest absolute Gasteiger partial charge is 0.458 e. The molecule has 0 spiro atoms. The number of pyridine rings is 2. The molecule has 53 heavy (non-hydrogen) atoms. The first-order chi connectivity index (χ1) is 28.0. The standard InChI is InChI=1S/C47H47N5O/c1-31(2)21-34-17-19-49-47(27-34)52-42-12-8-7-11-40(42)41-16-15-38(28-45(41)52)53-39-18-20-48-46(29-39)51-30-50(43-13-9-10-14-44(43)51)37-25-35(22-32(3)4)24-36(26-37)23-33(5)6/h7-20,24-29,31-33H,21-23H2,1-6H3/i21D2,22D2,23D2. The number of hydrogen-bond acceptors (Lipinski definition) is 3. The molecule has 8 rings (SSSR count). The highest BCUT2D eigenvalue weighted by Crippen LogP contribution is 2.35. The first kappa shape index (κ1) is 27.8. The third-order valence-electron chi connectivity index (χ3n) is 8.91. The van der Waals surface area contributed by atoms with Crippen molar-refractivity contribution in [3.63, 3.8) is 0 Å². The number of imidazole rings is 1. The van der Waals surface area contributed by atoms with Crippen molar-refractivity contribution in [2.75, 3.05) is 0 Å². The summed E-state index contributed by atoms with van der Waals surface area (Å²) in [4.78, 5) is 9.43. The lowest BCUT2D eigenvalue weighted by atomic mass is 9.96. The molecule has 0 aliphatic heterocycles. The molecule has 0 saturated carbocycles. The van der Waals surface area contributed by atoms with Crippen LogP contribution < -0.4 is 9.30 Å². The Morgan fingerprint density at radius 3 is 1.98 bits per heavy atom. The van der Waals surface area contributed by atoms with Crippen LogP contribution in [0.25, 0.3) is 50.2 Å². The molecule has 0 N–H and O–H groups in total. The fourth-order valence-corrected chi connectivity index (χ4v) is 6.94. The molecule has 266 valence electrons. The SMILES string of the molecule is [2H]C([2H])(c1cc(-[n+]2[c-]n(-c3cc(Oc4ccc5c6ccccc6n(-c6cc(C([2H])([2H])C(C)C)ccn6)c5c4)ccn3)c3ccccc32)cc(C([2H])([2H])C(C)C)c1)C(C)C. The van der Waals surface area contributed by atoms with Gasteiger partial charge in [-0.25, -0.2) is 4.98 Å². The zero-order chi connectivity index (χ0) is 42.0. The highest BCUT2D eigenvalue weighted by Gasteiger charge is 2.17. The molecule has 4 heterocycles. The minimum absolute atomic E-state index is 0.225. The number of rotatable bonds is 11. The average molecular weight is 704 g/mol. The Kier molecular flexibility index (Phi) is 7.54. The van der Waals surface area contributed by atoms with Crippen molar-refractivity contribution < 1.29 is 17.5 Å². The van der Waals surface area contributed by atoms with Gasteiger partial charge in [0, 0.05) is 43.5 Å². The van der Waals surface area contributed by atoms with E-state index in [1.54, 1.807) is 42.7 Å². The Balaban J connectivity index is 1.21. The van der Waals surface area contributed by atoms with Crippen LogP contribution in [-0.4, -0.2) is 19.1 Å². The van der Waals surface area contributed by atoms with Crippen molar-refractivity contribution in [3.8, 4) is 28.8 Å². The molecule has 6 nitrogen and oxygen atoms in total. The van der Waals surface area contributed by atoms with E-state index in [9.17, 15) is 0 Å². The smallest absolute Gasteiger partial charge is 0.271 e. The van der Waals surface area contributed by atoms with Gasteiger partial charge in [-0.1, -0.05) is 101 Å². The van der Waals surface area contributed by atoms with Gasteiger partial charge in [0.05, 0.1) is 27.8 Å². The van der Waals surface area contributed by atoms with Crippen molar-refractivity contribution >= 4 is 32.8 Å². The molecular formula is C47H47N5O. The maximum Gasteiger partial charge on any atom is 0.271 e. The fraction of sp³-hybridized carbons (Fsp3) is 0.255. The summed E-state index contributed by atoms with van der Waals surface area (Å²) in [5.41, 5.74) is 5.38. The highest BCUT2D eigenvalue weighted by molar-refractivity contribution is 6.09. The number of aromatic nitrogens is 5. The molecule has 4 aromatic heterocycles. The van der Waals surface area contributed by atoms with Gasteiger partial charge in [-0.05, 0) is 91.0 Å². The predicted molar refractivity (Wildman–Crippen MR) is 216 cm³/mol. The van der Waals surface area contributed by atoms with E-state index in [1.807, 2.05) is 123 Å². The lowest BCUT2D eigenvalue weighted by Gasteiger charge is -2.14. The molecule has 0 aliphatic carbocycles. The van der Waals surface area contributed by atoms with Crippen LogP contribution >= 0.6 is 0 Å². The van der Waals surface area contributed by atoms with E-state index < -0.39 is 19.1 Å². The second-order valence-electron chi connectivity index (χ2n) is 14.3. The minimum atomic E-state index is -1.70. The molecule has 0 bridgehead atoms. The molecule has 0 saturated heterocycles. The molecule has 0 aliphatic rings. The van der Waals surface area contributed by atoms with Crippen LogP contribution in [0.1, 0.15) is 66.5 Å². The lowest BCUT2D eigenvalue weighted by Crippen LogP contribution is -2.30. The van der Waals surface area contributed by atoms with Crippen molar-refractivity contribution in [2.24, 2.45) is 17.8 Å². The van der Waals surface area contributed by atoms with Gasteiger partial charge in [-0.2, -0.15) is 0 Å². The zero-order valence-corrected chi connectivity index (χ0v) is 30.9. The lowest BCUT2D eigenvalue weighted by molar-refractivity contribution is -0.572. The quantitative estimate of drug-likeness (QED) is 0.0995. The summed E-state index contributed by atoms with van der Waals surface area (Å²) in [5.74, 6) is 1.38. The van der Waals surface area contributed by atoms with E-state index in [4.69, 9.17) is 22.9 Å². The Morgan fingerprint density at radius 2 is 1.23 bits per heavy atom. The summed E-state index contributed by atoms with van der Waals surface area (Å²) < 4.78 is 65.6. The van der Waals surface area contributed by atoms with E-state index in [0.717, 1.165) is 32.8 Å². The monoisotopic (exact) mass is 703 g/mol. The Morgan fingerprint density at radius 1 is 0.604 bits per heavy atom. The number of hydrogen-bond donors (Lipinski definition) is 0. The molecule has 0 amide bonds. The topological polar surface area (TPSA) is 48.8 Å². The van der Waals surface area contributed by atoms with Crippen LogP contribution in [0.15, 0.2) is 122 Å². The molecule has 0 radical (unpaired) electrons. The van der Waals surface area contributed by atoms with Crippen molar-refractivity contribution in [3.05, 3.63) is 145 Å². The van der Waals surface area contributed by atoms with Crippen molar-refractivity contribution in [1.29, 1.82) is 0 Å². The minimum Gasteiger partial charge on any atom is -0.458 e. The van der Waals surface area contributed by atoms with Gasteiger partial charge in [0.1, 0.15) is 17.3 Å². The second kappa shape index (κ2) is 14.3. The summed E-state index contributed by atoms with van der Waals surface area (Å²) in [5, 5.41) is 2.05. The average Bonchev–Trinajstić information content (AvgIpc) is 3.77. The summed E-state index contributed by atoms with van der Waals surface area (Å²) in [6.07, 6.45) is 1.85. The van der Waals surface area contributed by atoms with E-state index in [2.05, 4.69) is 17.0 Å². The van der Waals surface area contributed by atoms with E-state index in [1.165, 1.54) is 0 Å². The van der Waals surface area contributed by atoms with E-state index in [0.29, 0.717) is 45.5 Å². The molecule has 0 unspecified atom stereocenters. The molecule has 6 heteroatoms. The molecule has 0 fully saturated rings. The molecule has 8 aromatic rings. The Hall–Kier alpha value is -5.75. The number of fused-ring (bicyclic) bond motifs is 4. The normalized spacial score (nSPS) is 14.4. The molecule has 0 atom stereocenters. The third-order valence-corrected chi connectivity index (χ3v) is 8.91. The van der Waals surface area contributed by atoms with E-state index >= 15 is 0 Å². The summed E-state index contributed by atoms with van der Waals surface area (Å²) in [6.45, 7) is 11.1. The van der Waals surface area contributed by atoms with E-state index in [-0.39, 0.29) is 17.8 Å². The van der Waals surface area contributed by atoms with Crippen molar-refractivity contribution in [1.82, 2.24) is 19.1 Å². The van der Waals surface area contributed by atoms with Crippen LogP contribution in [0.4, 0.5) is 0 Å². The van der Waals surface area contributed by atoms with Crippen LogP contribution in [0.5, 0.6) is 11.5 Å². The Bertz CT molecular complexity index is 2820. The first-order valence-electron chi connectivity index (χ1n) is 21.2. The van der Waals surface area contributed by atoms with Gasteiger partial charge in [0.2, 0.25) is 0 Å². The van der Waals surface area contributed by atoms with Gasteiger partial charge >= 0.3 is 0 Å². The van der Waals surface area contributed by atoms with Gasteiger partial charge < -0.3 is 4.74 Å².